The summed E-state index contributed by atoms with van der Waals surface area (Å²) >= 11 is 0. The van der Waals surface area contributed by atoms with Crippen LogP contribution in [0.1, 0.15) is 18.4 Å². The molecule has 0 aliphatic carbocycles. The molecule has 2 rings (SSSR count). The van der Waals surface area contributed by atoms with Crippen molar-refractivity contribution in [2.75, 3.05) is 19.7 Å². The first-order valence-electron chi connectivity index (χ1n) is 6.49. The van der Waals surface area contributed by atoms with Crippen molar-refractivity contribution in [1.29, 1.82) is 0 Å². The van der Waals surface area contributed by atoms with E-state index in [0.717, 1.165) is 25.9 Å². The fourth-order valence-corrected chi connectivity index (χ4v) is 2.22. The van der Waals surface area contributed by atoms with Crippen LogP contribution >= 0.6 is 0 Å². The number of carbonyl (C=O) groups is 1. The summed E-state index contributed by atoms with van der Waals surface area (Å²) < 4.78 is 19.2. The Morgan fingerprint density at radius 2 is 2.37 bits per heavy atom. The monoisotopic (exact) mass is 267 g/mol. The Balaban J connectivity index is 1.91. The van der Waals surface area contributed by atoms with Crippen molar-refractivity contribution >= 4 is 5.97 Å². The highest BCUT2D eigenvalue weighted by Gasteiger charge is 2.15. The Kier molecular flexibility index (Phi) is 4.74. The smallest absolute Gasteiger partial charge is 0.307 e. The van der Waals surface area contributed by atoms with E-state index in [9.17, 15) is 9.18 Å². The summed E-state index contributed by atoms with van der Waals surface area (Å²) in [4.78, 5) is 10.5. The summed E-state index contributed by atoms with van der Waals surface area (Å²) in [5.74, 6) is -0.865. The molecule has 5 heteroatoms. The largest absolute Gasteiger partial charge is 0.490 e. The molecule has 19 heavy (non-hydrogen) atoms. The predicted molar refractivity (Wildman–Crippen MR) is 68.8 cm³/mol. The molecule has 2 N–H and O–H groups in total. The third kappa shape index (κ3) is 4.21. The fraction of sp³-hybridized carbons (Fsp3) is 0.500. The Bertz CT molecular complexity index is 444. The van der Waals surface area contributed by atoms with E-state index in [2.05, 4.69) is 5.32 Å². The van der Waals surface area contributed by atoms with Gasteiger partial charge in [0.1, 0.15) is 0 Å². The molecule has 0 radical (unpaired) electrons. The number of carboxylic acid groups (broad SMARTS) is 1. The van der Waals surface area contributed by atoms with Gasteiger partial charge in [-0.15, -0.1) is 0 Å². The van der Waals surface area contributed by atoms with Crippen molar-refractivity contribution in [3.63, 3.8) is 0 Å². The van der Waals surface area contributed by atoms with Gasteiger partial charge in [-0.3, -0.25) is 4.79 Å². The normalized spacial score (nSPS) is 19.1. The Labute approximate surface area is 111 Å². The second kappa shape index (κ2) is 6.52. The number of ether oxygens (including phenoxy) is 1. The highest BCUT2D eigenvalue weighted by molar-refractivity contribution is 5.70. The van der Waals surface area contributed by atoms with Crippen molar-refractivity contribution in [3.05, 3.63) is 29.6 Å². The van der Waals surface area contributed by atoms with E-state index in [0.29, 0.717) is 18.1 Å². The van der Waals surface area contributed by atoms with Crippen LogP contribution in [0.4, 0.5) is 4.39 Å². The summed E-state index contributed by atoms with van der Waals surface area (Å²) in [5.41, 5.74) is 0.441. The van der Waals surface area contributed by atoms with E-state index >= 15 is 0 Å². The van der Waals surface area contributed by atoms with Gasteiger partial charge in [-0.25, -0.2) is 4.39 Å². The summed E-state index contributed by atoms with van der Waals surface area (Å²) in [6.07, 6.45) is 2.03. The SMILES string of the molecule is O=C(O)Cc1ccc(OCC2CCCNC2)c(F)c1. The number of nitrogens with one attached hydrogen (secondary N) is 1. The molecule has 1 saturated heterocycles. The van der Waals surface area contributed by atoms with Crippen LogP contribution in [-0.4, -0.2) is 30.8 Å². The lowest BCUT2D eigenvalue weighted by Gasteiger charge is -2.22. The zero-order valence-electron chi connectivity index (χ0n) is 10.7. The van der Waals surface area contributed by atoms with Crippen molar-refractivity contribution in [2.45, 2.75) is 19.3 Å². The molecule has 1 heterocycles. The van der Waals surface area contributed by atoms with Gasteiger partial charge in [-0.1, -0.05) is 6.07 Å². The molecule has 0 spiro atoms. The molecule has 0 amide bonds. The first kappa shape index (κ1) is 13.8. The third-order valence-corrected chi connectivity index (χ3v) is 3.23. The molecule has 1 aromatic carbocycles. The fourth-order valence-electron chi connectivity index (χ4n) is 2.22. The molecular formula is C14H18FNO3. The Morgan fingerprint density at radius 1 is 1.53 bits per heavy atom. The van der Waals surface area contributed by atoms with Gasteiger partial charge in [0.15, 0.2) is 11.6 Å². The summed E-state index contributed by atoms with van der Waals surface area (Å²) in [7, 11) is 0. The molecule has 1 fully saturated rings. The van der Waals surface area contributed by atoms with Crippen molar-refractivity contribution in [1.82, 2.24) is 5.32 Å². The Hall–Kier alpha value is -1.62. The van der Waals surface area contributed by atoms with Crippen LogP contribution in [0.3, 0.4) is 0 Å². The van der Waals surface area contributed by atoms with Crippen LogP contribution in [0.25, 0.3) is 0 Å². The molecule has 1 unspecified atom stereocenters. The molecule has 1 aromatic rings. The van der Waals surface area contributed by atoms with Gasteiger partial charge >= 0.3 is 5.97 Å². The third-order valence-electron chi connectivity index (χ3n) is 3.23. The number of hydrogen-bond acceptors (Lipinski definition) is 3. The highest BCUT2D eigenvalue weighted by Crippen LogP contribution is 2.20. The minimum absolute atomic E-state index is 0.177. The number of hydrogen-bond donors (Lipinski definition) is 2. The minimum Gasteiger partial charge on any atom is -0.490 e. The van der Waals surface area contributed by atoms with E-state index < -0.39 is 11.8 Å². The molecule has 1 atom stereocenters. The van der Waals surface area contributed by atoms with E-state index in [-0.39, 0.29) is 12.2 Å². The van der Waals surface area contributed by atoms with Crippen LogP contribution < -0.4 is 10.1 Å². The molecule has 0 bridgehead atoms. The molecule has 1 aliphatic heterocycles. The molecule has 0 saturated carbocycles. The van der Waals surface area contributed by atoms with Gasteiger partial charge in [0.05, 0.1) is 13.0 Å². The Morgan fingerprint density at radius 3 is 3.00 bits per heavy atom. The maximum atomic E-state index is 13.7. The second-order valence-electron chi connectivity index (χ2n) is 4.86. The van der Waals surface area contributed by atoms with Gasteiger partial charge < -0.3 is 15.2 Å². The van der Waals surface area contributed by atoms with Crippen molar-refractivity contribution < 1.29 is 19.0 Å². The molecule has 104 valence electrons. The molecule has 4 nitrogen and oxygen atoms in total. The van der Waals surface area contributed by atoms with Crippen LogP contribution in [0, 0.1) is 11.7 Å². The first-order valence-corrected chi connectivity index (χ1v) is 6.49. The number of rotatable bonds is 5. The average molecular weight is 267 g/mol. The topological polar surface area (TPSA) is 58.6 Å². The van der Waals surface area contributed by atoms with Crippen molar-refractivity contribution in [2.24, 2.45) is 5.92 Å². The van der Waals surface area contributed by atoms with Crippen molar-refractivity contribution in [3.8, 4) is 5.75 Å². The van der Waals surface area contributed by atoms with E-state index in [1.54, 1.807) is 6.07 Å². The molecular weight excluding hydrogens is 249 g/mol. The van der Waals surface area contributed by atoms with E-state index in [1.807, 2.05) is 0 Å². The van der Waals surface area contributed by atoms with E-state index in [1.165, 1.54) is 12.1 Å². The highest BCUT2D eigenvalue weighted by atomic mass is 19.1. The van der Waals surface area contributed by atoms with Gasteiger partial charge in [0.25, 0.3) is 0 Å². The van der Waals surface area contributed by atoms with Gasteiger partial charge in [0, 0.05) is 12.5 Å². The zero-order valence-corrected chi connectivity index (χ0v) is 10.7. The van der Waals surface area contributed by atoms with Gasteiger partial charge in [-0.2, -0.15) is 0 Å². The number of carboxylic acids is 1. The number of halogens is 1. The summed E-state index contributed by atoms with van der Waals surface area (Å²) in [6.45, 7) is 2.43. The van der Waals surface area contributed by atoms with Crippen LogP contribution in [0.2, 0.25) is 0 Å². The molecule has 1 aliphatic rings. The first-order chi connectivity index (χ1) is 9.15. The summed E-state index contributed by atoms with van der Waals surface area (Å²) in [6, 6.07) is 4.32. The zero-order chi connectivity index (χ0) is 13.7. The predicted octanol–water partition coefficient (Wildman–Crippen LogP) is 1.83. The van der Waals surface area contributed by atoms with E-state index in [4.69, 9.17) is 9.84 Å². The quantitative estimate of drug-likeness (QED) is 0.854. The minimum atomic E-state index is -0.971. The standard InChI is InChI=1S/C14H18FNO3/c15-12-6-10(7-14(17)18)3-4-13(12)19-9-11-2-1-5-16-8-11/h3-4,6,11,16H,1-2,5,7-9H2,(H,17,18). The van der Waals surface area contributed by atoms with Gasteiger partial charge in [0.2, 0.25) is 0 Å². The summed E-state index contributed by atoms with van der Waals surface area (Å²) in [5, 5.41) is 11.9. The van der Waals surface area contributed by atoms with Crippen LogP contribution in [0.5, 0.6) is 5.75 Å². The number of aliphatic carboxylic acids is 1. The second-order valence-corrected chi connectivity index (χ2v) is 4.86. The van der Waals surface area contributed by atoms with Crippen LogP contribution in [-0.2, 0) is 11.2 Å². The van der Waals surface area contributed by atoms with Gasteiger partial charge in [-0.05, 0) is 37.1 Å². The average Bonchev–Trinajstić information content (AvgIpc) is 2.38. The number of benzene rings is 1. The maximum absolute atomic E-state index is 13.7. The maximum Gasteiger partial charge on any atom is 0.307 e. The lowest BCUT2D eigenvalue weighted by Crippen LogP contribution is -2.33. The lowest BCUT2D eigenvalue weighted by molar-refractivity contribution is -0.136. The lowest BCUT2D eigenvalue weighted by atomic mass is 10.0. The van der Waals surface area contributed by atoms with Crippen LogP contribution in [0.15, 0.2) is 18.2 Å². The molecule has 0 aromatic heterocycles. The number of piperidine rings is 1.